The van der Waals surface area contributed by atoms with Crippen molar-refractivity contribution >= 4 is 0 Å². The summed E-state index contributed by atoms with van der Waals surface area (Å²) in [5, 5.41) is 7.66. The molecule has 0 amide bonds. The largest absolute Gasteiger partial charge is 0.307 e. The van der Waals surface area contributed by atoms with E-state index >= 15 is 0 Å². The highest BCUT2D eigenvalue weighted by molar-refractivity contribution is 5.21. The van der Waals surface area contributed by atoms with E-state index in [1.54, 1.807) is 6.20 Å². The molecule has 0 radical (unpaired) electrons. The van der Waals surface area contributed by atoms with Crippen LogP contribution in [0.25, 0.3) is 0 Å². The first-order chi connectivity index (χ1) is 8.63. The first kappa shape index (κ1) is 12.7. The molecule has 18 heavy (non-hydrogen) atoms. The Kier molecular flexibility index (Phi) is 3.72. The lowest BCUT2D eigenvalue weighted by atomic mass is 10.1. The highest BCUT2D eigenvalue weighted by Crippen LogP contribution is 2.21. The van der Waals surface area contributed by atoms with Gasteiger partial charge in [-0.1, -0.05) is 0 Å². The molecule has 96 valence electrons. The minimum absolute atomic E-state index is 0.0385. The zero-order valence-corrected chi connectivity index (χ0v) is 11.3. The summed E-state index contributed by atoms with van der Waals surface area (Å²) in [6.07, 6.45) is 3.62. The van der Waals surface area contributed by atoms with Gasteiger partial charge in [0.25, 0.3) is 0 Å². The number of aryl methyl sites for hydroxylation is 1. The third-order valence-corrected chi connectivity index (χ3v) is 2.87. The van der Waals surface area contributed by atoms with Crippen LogP contribution >= 0.6 is 0 Å². The molecule has 2 heterocycles. The van der Waals surface area contributed by atoms with E-state index in [0.29, 0.717) is 6.04 Å². The van der Waals surface area contributed by atoms with Crippen molar-refractivity contribution in [2.45, 2.75) is 32.9 Å². The maximum absolute atomic E-state index is 4.49. The maximum Gasteiger partial charge on any atom is 0.125 e. The monoisotopic (exact) mass is 245 g/mol. The van der Waals surface area contributed by atoms with Crippen molar-refractivity contribution in [3.05, 3.63) is 41.7 Å². The zero-order chi connectivity index (χ0) is 13.1. The number of nitrogens with zero attached hydrogens (tertiary/aromatic N) is 4. The number of hydrogen-bond acceptors (Lipinski definition) is 4. The lowest BCUT2D eigenvalue weighted by molar-refractivity contribution is 0.480. The molecule has 5 nitrogen and oxygen atoms in total. The normalized spacial score (nSPS) is 12.9. The average molecular weight is 245 g/mol. The Labute approximate surface area is 107 Å². The van der Waals surface area contributed by atoms with Crippen LogP contribution in [0.4, 0.5) is 0 Å². The topological polar surface area (TPSA) is 55.6 Å². The highest BCUT2D eigenvalue weighted by Gasteiger charge is 2.19. The predicted octanol–water partition coefficient (Wildman–Crippen LogP) is 1.87. The molecule has 0 aliphatic heterocycles. The van der Waals surface area contributed by atoms with Crippen LogP contribution in [0, 0.1) is 6.92 Å². The molecule has 0 aliphatic rings. The van der Waals surface area contributed by atoms with Gasteiger partial charge in [-0.05, 0) is 40.0 Å². The van der Waals surface area contributed by atoms with Crippen LogP contribution in [0.1, 0.15) is 43.1 Å². The Bertz CT molecular complexity index is 518. The van der Waals surface area contributed by atoms with Crippen molar-refractivity contribution in [1.82, 2.24) is 25.1 Å². The van der Waals surface area contributed by atoms with Gasteiger partial charge in [-0.3, -0.25) is 4.68 Å². The summed E-state index contributed by atoms with van der Waals surface area (Å²) in [5.74, 6) is 0.781. The van der Waals surface area contributed by atoms with Gasteiger partial charge in [-0.2, -0.15) is 5.10 Å². The van der Waals surface area contributed by atoms with Gasteiger partial charge in [-0.15, -0.1) is 0 Å². The van der Waals surface area contributed by atoms with Crippen LogP contribution in [-0.2, 0) is 0 Å². The molecule has 2 rings (SSSR count). The Balaban J connectivity index is 2.42. The molecule has 0 fully saturated rings. The summed E-state index contributed by atoms with van der Waals surface area (Å²) in [5.41, 5.74) is 2.08. The van der Waals surface area contributed by atoms with Gasteiger partial charge in [-0.25, -0.2) is 9.97 Å². The summed E-state index contributed by atoms with van der Waals surface area (Å²) in [4.78, 5) is 8.62. The van der Waals surface area contributed by atoms with E-state index in [9.17, 15) is 0 Å². The molecule has 0 saturated heterocycles. The summed E-state index contributed by atoms with van der Waals surface area (Å²) in [6, 6.07) is 4.33. The third kappa shape index (κ3) is 2.41. The first-order valence-electron chi connectivity index (χ1n) is 6.13. The van der Waals surface area contributed by atoms with Crippen molar-refractivity contribution in [1.29, 1.82) is 0 Å². The summed E-state index contributed by atoms with van der Waals surface area (Å²) in [6.45, 7) is 6.14. The summed E-state index contributed by atoms with van der Waals surface area (Å²) < 4.78 is 2.01. The van der Waals surface area contributed by atoms with Crippen LogP contribution in [0.15, 0.2) is 24.5 Å². The average Bonchev–Trinajstić information content (AvgIpc) is 2.79. The van der Waals surface area contributed by atoms with Gasteiger partial charge in [0, 0.05) is 18.4 Å². The number of nitrogens with one attached hydrogen (secondary N) is 1. The molecular weight excluding hydrogens is 226 g/mol. The number of rotatable bonds is 4. The standard InChI is InChI=1S/C13H19N5/c1-9(2)18-12(6-8-16-18)13(14-4)11-5-7-15-10(3)17-11/h5-9,13-14H,1-4H3. The molecule has 2 aromatic rings. The van der Waals surface area contributed by atoms with Crippen molar-refractivity contribution in [2.75, 3.05) is 7.05 Å². The molecule has 1 N–H and O–H groups in total. The van der Waals surface area contributed by atoms with E-state index in [4.69, 9.17) is 0 Å². The second-order valence-electron chi connectivity index (χ2n) is 4.54. The Morgan fingerprint density at radius 1 is 1.22 bits per heavy atom. The van der Waals surface area contributed by atoms with Gasteiger partial charge >= 0.3 is 0 Å². The lowest BCUT2D eigenvalue weighted by Gasteiger charge is -2.19. The smallest absolute Gasteiger partial charge is 0.125 e. The highest BCUT2D eigenvalue weighted by atomic mass is 15.3. The molecule has 1 atom stereocenters. The molecule has 1 unspecified atom stereocenters. The summed E-state index contributed by atoms with van der Waals surface area (Å²) >= 11 is 0. The lowest BCUT2D eigenvalue weighted by Crippen LogP contribution is -2.23. The Hall–Kier alpha value is -1.75. The van der Waals surface area contributed by atoms with E-state index in [2.05, 4.69) is 34.2 Å². The fraction of sp³-hybridized carbons (Fsp3) is 0.462. The predicted molar refractivity (Wildman–Crippen MR) is 70.3 cm³/mol. The molecule has 2 aromatic heterocycles. The Morgan fingerprint density at radius 3 is 2.61 bits per heavy atom. The molecule has 0 saturated carbocycles. The van der Waals surface area contributed by atoms with Crippen LogP contribution in [0.2, 0.25) is 0 Å². The van der Waals surface area contributed by atoms with E-state index in [1.165, 1.54) is 0 Å². The maximum atomic E-state index is 4.49. The van der Waals surface area contributed by atoms with E-state index in [-0.39, 0.29) is 6.04 Å². The van der Waals surface area contributed by atoms with Gasteiger partial charge in [0.05, 0.1) is 17.4 Å². The molecule has 0 spiro atoms. The second kappa shape index (κ2) is 5.27. The molecule has 5 heteroatoms. The van der Waals surface area contributed by atoms with Crippen molar-refractivity contribution in [3.8, 4) is 0 Å². The number of aromatic nitrogens is 4. The summed E-state index contributed by atoms with van der Waals surface area (Å²) in [7, 11) is 1.93. The van der Waals surface area contributed by atoms with Crippen LogP contribution in [0.3, 0.4) is 0 Å². The van der Waals surface area contributed by atoms with Gasteiger partial charge < -0.3 is 5.32 Å². The van der Waals surface area contributed by atoms with Crippen LogP contribution in [-0.4, -0.2) is 26.8 Å². The van der Waals surface area contributed by atoms with Gasteiger partial charge in [0.1, 0.15) is 5.82 Å². The zero-order valence-electron chi connectivity index (χ0n) is 11.3. The minimum atomic E-state index is 0.0385. The second-order valence-corrected chi connectivity index (χ2v) is 4.54. The van der Waals surface area contributed by atoms with E-state index < -0.39 is 0 Å². The van der Waals surface area contributed by atoms with E-state index in [1.807, 2.05) is 37.0 Å². The minimum Gasteiger partial charge on any atom is -0.307 e. The fourth-order valence-corrected chi connectivity index (χ4v) is 2.07. The van der Waals surface area contributed by atoms with Crippen molar-refractivity contribution < 1.29 is 0 Å². The van der Waals surface area contributed by atoms with Crippen molar-refractivity contribution in [2.24, 2.45) is 0 Å². The molecule has 0 aliphatic carbocycles. The van der Waals surface area contributed by atoms with E-state index in [0.717, 1.165) is 17.2 Å². The Morgan fingerprint density at radius 2 is 2.00 bits per heavy atom. The van der Waals surface area contributed by atoms with Crippen LogP contribution in [0.5, 0.6) is 0 Å². The fourth-order valence-electron chi connectivity index (χ4n) is 2.07. The number of hydrogen-bond donors (Lipinski definition) is 1. The molecule has 0 bridgehead atoms. The van der Waals surface area contributed by atoms with Crippen LogP contribution < -0.4 is 5.32 Å². The first-order valence-corrected chi connectivity index (χ1v) is 6.13. The van der Waals surface area contributed by atoms with Crippen molar-refractivity contribution in [3.63, 3.8) is 0 Å². The SMILES string of the molecule is CNC(c1ccnc(C)n1)c1ccnn1C(C)C. The molecule has 0 aromatic carbocycles. The quantitative estimate of drug-likeness (QED) is 0.893. The molecular formula is C13H19N5. The van der Waals surface area contributed by atoms with Gasteiger partial charge in [0.2, 0.25) is 0 Å². The van der Waals surface area contributed by atoms with Gasteiger partial charge in [0.15, 0.2) is 0 Å². The third-order valence-electron chi connectivity index (χ3n) is 2.87.